The monoisotopic (exact) mass is 258 g/mol. The second kappa shape index (κ2) is 5.38. The molecule has 0 bridgehead atoms. The van der Waals surface area contributed by atoms with Crippen LogP contribution in [0, 0.1) is 0 Å². The molecule has 2 aromatic rings. The number of hydrogen-bond acceptors (Lipinski definition) is 5. The Morgan fingerprint density at radius 1 is 1.16 bits per heavy atom. The number of hydrogen-bond donors (Lipinski definition) is 1. The molecule has 0 aliphatic heterocycles. The molecule has 1 fully saturated rings. The Morgan fingerprint density at radius 3 is 2.68 bits per heavy atom. The van der Waals surface area contributed by atoms with Crippen molar-refractivity contribution in [1.82, 2.24) is 15.1 Å². The van der Waals surface area contributed by atoms with Crippen LogP contribution in [0.25, 0.3) is 11.6 Å². The van der Waals surface area contributed by atoms with Crippen LogP contribution in [0.5, 0.6) is 0 Å². The van der Waals surface area contributed by atoms with Gasteiger partial charge in [0.15, 0.2) is 11.5 Å². The standard InChI is InChI=1S/C14H18N4O/c15-11-8-5-9-16-12(11)14-17-13(18-19-14)10-6-3-1-2-4-7-10/h5,8-10H,1-4,6-7,15H2. The average Bonchev–Trinajstić information content (AvgIpc) is 2.75. The first-order chi connectivity index (χ1) is 9.34. The largest absolute Gasteiger partial charge is 0.397 e. The van der Waals surface area contributed by atoms with Crippen LogP contribution in [0.3, 0.4) is 0 Å². The fourth-order valence-corrected chi connectivity index (χ4v) is 2.63. The quantitative estimate of drug-likeness (QED) is 0.837. The maximum Gasteiger partial charge on any atom is 0.278 e. The van der Waals surface area contributed by atoms with E-state index in [1.54, 1.807) is 18.3 Å². The molecule has 2 N–H and O–H groups in total. The Kier molecular flexibility index (Phi) is 3.44. The van der Waals surface area contributed by atoms with Gasteiger partial charge in [-0.15, -0.1) is 0 Å². The fraction of sp³-hybridized carbons (Fsp3) is 0.500. The van der Waals surface area contributed by atoms with Crippen LogP contribution in [0.2, 0.25) is 0 Å². The summed E-state index contributed by atoms with van der Waals surface area (Å²) >= 11 is 0. The van der Waals surface area contributed by atoms with Crippen LogP contribution in [0.15, 0.2) is 22.9 Å². The molecule has 5 nitrogen and oxygen atoms in total. The maximum atomic E-state index is 5.88. The fourth-order valence-electron chi connectivity index (χ4n) is 2.63. The molecule has 100 valence electrons. The molecule has 2 heterocycles. The summed E-state index contributed by atoms with van der Waals surface area (Å²) in [5.74, 6) is 1.66. The van der Waals surface area contributed by atoms with Gasteiger partial charge < -0.3 is 10.3 Å². The molecule has 0 aromatic carbocycles. The minimum Gasteiger partial charge on any atom is -0.397 e. The molecule has 0 unspecified atom stereocenters. The first-order valence-electron chi connectivity index (χ1n) is 6.89. The first kappa shape index (κ1) is 12.1. The van der Waals surface area contributed by atoms with E-state index >= 15 is 0 Å². The van der Waals surface area contributed by atoms with Crippen molar-refractivity contribution in [3.63, 3.8) is 0 Å². The van der Waals surface area contributed by atoms with Gasteiger partial charge in [0.1, 0.15) is 0 Å². The minimum atomic E-state index is 0.421. The van der Waals surface area contributed by atoms with Gasteiger partial charge in [-0.3, -0.25) is 0 Å². The van der Waals surface area contributed by atoms with Gasteiger partial charge in [-0.05, 0) is 25.0 Å². The highest BCUT2D eigenvalue weighted by Gasteiger charge is 2.21. The zero-order valence-electron chi connectivity index (χ0n) is 10.9. The average molecular weight is 258 g/mol. The predicted molar refractivity (Wildman–Crippen MR) is 72.4 cm³/mol. The van der Waals surface area contributed by atoms with Gasteiger partial charge in [-0.1, -0.05) is 30.8 Å². The van der Waals surface area contributed by atoms with Gasteiger partial charge in [-0.2, -0.15) is 4.98 Å². The Morgan fingerprint density at radius 2 is 1.95 bits per heavy atom. The van der Waals surface area contributed by atoms with E-state index < -0.39 is 0 Å². The molecular formula is C14H18N4O. The second-order valence-electron chi connectivity index (χ2n) is 5.09. The highest BCUT2D eigenvalue weighted by Crippen LogP contribution is 2.31. The molecule has 0 atom stereocenters. The summed E-state index contributed by atoms with van der Waals surface area (Å²) in [6, 6.07) is 3.58. The lowest BCUT2D eigenvalue weighted by Crippen LogP contribution is -2.00. The molecule has 1 aliphatic rings. The second-order valence-corrected chi connectivity index (χ2v) is 5.09. The van der Waals surface area contributed by atoms with Crippen molar-refractivity contribution in [3.05, 3.63) is 24.2 Å². The number of nitrogens with two attached hydrogens (primary N) is 1. The van der Waals surface area contributed by atoms with Gasteiger partial charge in [0, 0.05) is 12.1 Å². The molecule has 0 amide bonds. The molecule has 1 aliphatic carbocycles. The highest BCUT2D eigenvalue weighted by atomic mass is 16.5. The first-order valence-corrected chi connectivity index (χ1v) is 6.89. The van der Waals surface area contributed by atoms with E-state index in [0.29, 0.717) is 23.2 Å². The normalized spacial score (nSPS) is 17.3. The third kappa shape index (κ3) is 2.59. The molecule has 3 rings (SSSR count). The Bertz CT molecular complexity index is 544. The van der Waals surface area contributed by atoms with E-state index in [1.807, 2.05) is 0 Å². The maximum absolute atomic E-state index is 5.88. The zero-order valence-corrected chi connectivity index (χ0v) is 10.9. The lowest BCUT2D eigenvalue weighted by atomic mass is 10.00. The molecular weight excluding hydrogens is 240 g/mol. The van der Waals surface area contributed by atoms with E-state index in [9.17, 15) is 0 Å². The van der Waals surface area contributed by atoms with E-state index in [4.69, 9.17) is 10.3 Å². The van der Waals surface area contributed by atoms with Gasteiger partial charge in [0.05, 0.1) is 5.69 Å². The van der Waals surface area contributed by atoms with Gasteiger partial charge in [0.2, 0.25) is 0 Å². The van der Waals surface area contributed by atoms with Crippen molar-refractivity contribution < 1.29 is 4.52 Å². The number of nitrogen functional groups attached to an aromatic ring is 1. The molecule has 0 saturated heterocycles. The van der Waals surface area contributed by atoms with Crippen molar-refractivity contribution in [3.8, 4) is 11.6 Å². The topological polar surface area (TPSA) is 77.8 Å². The number of rotatable bonds is 2. The number of pyridine rings is 1. The van der Waals surface area contributed by atoms with Crippen LogP contribution in [0.1, 0.15) is 50.3 Å². The Labute approximate surface area is 112 Å². The van der Waals surface area contributed by atoms with Crippen molar-refractivity contribution in [1.29, 1.82) is 0 Å². The third-order valence-electron chi connectivity index (χ3n) is 3.70. The van der Waals surface area contributed by atoms with Crippen LogP contribution >= 0.6 is 0 Å². The minimum absolute atomic E-state index is 0.421. The van der Waals surface area contributed by atoms with Crippen molar-refractivity contribution in [2.75, 3.05) is 5.73 Å². The molecule has 19 heavy (non-hydrogen) atoms. The van der Waals surface area contributed by atoms with Crippen LogP contribution < -0.4 is 5.73 Å². The SMILES string of the molecule is Nc1cccnc1-c1nc(C2CCCCCC2)no1. The van der Waals surface area contributed by atoms with E-state index in [2.05, 4.69) is 15.1 Å². The van der Waals surface area contributed by atoms with Crippen LogP contribution in [-0.2, 0) is 0 Å². The lowest BCUT2D eigenvalue weighted by Gasteiger charge is -2.07. The van der Waals surface area contributed by atoms with E-state index in [1.165, 1.54) is 25.7 Å². The van der Waals surface area contributed by atoms with Gasteiger partial charge in [-0.25, -0.2) is 4.98 Å². The summed E-state index contributed by atoms with van der Waals surface area (Å²) in [5, 5.41) is 4.12. The van der Waals surface area contributed by atoms with Gasteiger partial charge >= 0.3 is 0 Å². The van der Waals surface area contributed by atoms with Crippen LogP contribution in [-0.4, -0.2) is 15.1 Å². The highest BCUT2D eigenvalue weighted by molar-refractivity contribution is 5.65. The lowest BCUT2D eigenvalue weighted by molar-refractivity contribution is 0.409. The van der Waals surface area contributed by atoms with Crippen molar-refractivity contribution in [2.45, 2.75) is 44.4 Å². The summed E-state index contributed by atoms with van der Waals surface area (Å²) in [4.78, 5) is 8.69. The van der Waals surface area contributed by atoms with E-state index in [0.717, 1.165) is 18.7 Å². The van der Waals surface area contributed by atoms with Gasteiger partial charge in [0.25, 0.3) is 5.89 Å². The molecule has 1 saturated carbocycles. The van der Waals surface area contributed by atoms with Crippen molar-refractivity contribution in [2.24, 2.45) is 0 Å². The number of aromatic nitrogens is 3. The summed E-state index contributed by atoms with van der Waals surface area (Å²) in [7, 11) is 0. The van der Waals surface area contributed by atoms with E-state index in [-0.39, 0.29) is 0 Å². The van der Waals surface area contributed by atoms with Crippen molar-refractivity contribution >= 4 is 5.69 Å². The summed E-state index contributed by atoms with van der Waals surface area (Å²) < 4.78 is 5.32. The predicted octanol–water partition coefficient (Wildman–Crippen LogP) is 3.15. The molecule has 2 aromatic heterocycles. The Balaban J connectivity index is 1.85. The number of nitrogens with zero attached hydrogens (tertiary/aromatic N) is 3. The zero-order chi connectivity index (χ0) is 13.1. The molecule has 0 spiro atoms. The third-order valence-corrected chi connectivity index (χ3v) is 3.70. The molecule has 0 radical (unpaired) electrons. The smallest absolute Gasteiger partial charge is 0.278 e. The summed E-state index contributed by atoms with van der Waals surface area (Å²) in [6.45, 7) is 0. The Hall–Kier alpha value is -1.91. The summed E-state index contributed by atoms with van der Waals surface area (Å²) in [6.07, 6.45) is 9.11. The van der Waals surface area contributed by atoms with Crippen LogP contribution in [0.4, 0.5) is 5.69 Å². The number of anilines is 1. The molecule has 5 heteroatoms. The summed E-state index contributed by atoms with van der Waals surface area (Å²) in [5.41, 5.74) is 7.02.